The second-order valence-corrected chi connectivity index (χ2v) is 5.24. The van der Waals surface area contributed by atoms with Gasteiger partial charge in [0, 0.05) is 23.2 Å². The van der Waals surface area contributed by atoms with E-state index >= 15 is 0 Å². The van der Waals surface area contributed by atoms with Gasteiger partial charge in [-0.3, -0.25) is 4.79 Å². The Labute approximate surface area is 127 Å². The maximum absolute atomic E-state index is 12.4. The highest BCUT2D eigenvalue weighted by atomic mass is 35.5. The van der Waals surface area contributed by atoms with Crippen molar-refractivity contribution in [2.45, 2.75) is 13.0 Å². The molecule has 1 aromatic rings. The highest BCUT2D eigenvalue weighted by Crippen LogP contribution is 2.21. The summed E-state index contributed by atoms with van der Waals surface area (Å²) in [5, 5.41) is 8.95. The van der Waals surface area contributed by atoms with E-state index in [1.54, 1.807) is 23.1 Å². The molecular formula is C15H16ClNO4. The molecule has 0 aromatic heterocycles. The third-order valence-electron chi connectivity index (χ3n) is 3.28. The van der Waals surface area contributed by atoms with Gasteiger partial charge in [0.25, 0.3) is 5.91 Å². The number of carbonyl (C=O) groups is 2. The number of hydrogen-bond donors (Lipinski definition) is 1. The Morgan fingerprint density at radius 1 is 1.48 bits per heavy atom. The van der Waals surface area contributed by atoms with E-state index in [0.29, 0.717) is 35.9 Å². The zero-order valence-corrected chi connectivity index (χ0v) is 12.3. The van der Waals surface area contributed by atoms with Crippen molar-refractivity contribution >= 4 is 29.6 Å². The molecule has 1 N–H and O–H groups in total. The Balaban J connectivity index is 2.19. The number of carboxylic acids is 1. The molecule has 2 rings (SSSR count). The minimum atomic E-state index is -1.05. The lowest BCUT2D eigenvalue weighted by atomic mass is 10.1. The Bertz CT molecular complexity index is 585. The smallest absolute Gasteiger partial charge is 0.328 e. The van der Waals surface area contributed by atoms with E-state index in [1.165, 1.54) is 6.08 Å². The van der Waals surface area contributed by atoms with E-state index in [0.717, 1.165) is 6.08 Å². The number of carboxylic acid groups (broad SMARTS) is 1. The van der Waals surface area contributed by atoms with Gasteiger partial charge in [-0.15, -0.1) is 0 Å². The van der Waals surface area contributed by atoms with Crippen molar-refractivity contribution in [1.82, 2.24) is 4.90 Å². The first-order chi connectivity index (χ1) is 9.99. The number of benzene rings is 1. The molecule has 0 radical (unpaired) electrons. The summed E-state index contributed by atoms with van der Waals surface area (Å²) in [5.41, 5.74) is 1.05. The molecule has 1 aromatic carbocycles. The van der Waals surface area contributed by atoms with Gasteiger partial charge >= 0.3 is 5.97 Å². The van der Waals surface area contributed by atoms with Gasteiger partial charge in [-0.2, -0.15) is 0 Å². The summed E-state index contributed by atoms with van der Waals surface area (Å²) in [6, 6.07) is 4.88. The molecule has 0 spiro atoms. The van der Waals surface area contributed by atoms with E-state index < -0.39 is 5.97 Å². The number of nitrogens with zero attached hydrogens (tertiary/aromatic N) is 1. The lowest BCUT2D eigenvalue weighted by Gasteiger charge is -2.33. The quantitative estimate of drug-likeness (QED) is 0.870. The minimum absolute atomic E-state index is 0.0246. The van der Waals surface area contributed by atoms with Gasteiger partial charge < -0.3 is 14.7 Å². The van der Waals surface area contributed by atoms with Crippen LogP contribution in [0.15, 0.2) is 24.3 Å². The number of carbonyl (C=O) groups excluding carboxylic acids is 1. The van der Waals surface area contributed by atoms with Gasteiger partial charge in [0.05, 0.1) is 19.3 Å². The predicted octanol–water partition coefficient (Wildman–Crippen LogP) is 2.30. The molecule has 0 aliphatic carbocycles. The summed E-state index contributed by atoms with van der Waals surface area (Å²) in [5.74, 6) is -1.14. The normalized spacial score (nSPS) is 19.0. The molecule has 112 valence electrons. The minimum Gasteiger partial charge on any atom is -0.478 e. The lowest BCUT2D eigenvalue weighted by molar-refractivity contribution is -0.131. The molecule has 0 bridgehead atoms. The fourth-order valence-electron chi connectivity index (χ4n) is 2.15. The Hall–Kier alpha value is -1.85. The van der Waals surface area contributed by atoms with Crippen molar-refractivity contribution < 1.29 is 19.4 Å². The average Bonchev–Trinajstić information content (AvgIpc) is 2.45. The maximum Gasteiger partial charge on any atom is 0.328 e. The van der Waals surface area contributed by atoms with Crippen LogP contribution in [0.3, 0.4) is 0 Å². The number of amides is 1. The van der Waals surface area contributed by atoms with E-state index in [2.05, 4.69) is 0 Å². The summed E-state index contributed by atoms with van der Waals surface area (Å²) < 4.78 is 5.31. The predicted molar refractivity (Wildman–Crippen MR) is 79.4 cm³/mol. The van der Waals surface area contributed by atoms with Gasteiger partial charge in [0.15, 0.2) is 0 Å². The van der Waals surface area contributed by atoms with Crippen molar-refractivity contribution in [3.8, 4) is 0 Å². The standard InChI is InChI=1S/C15H16ClNO4/c1-10-9-21-7-6-17(10)15(20)12-3-2-11(13(16)8-12)4-5-14(18)19/h2-5,8,10H,6-7,9H2,1H3,(H,18,19)/b5-4+. The van der Waals surface area contributed by atoms with Crippen LogP contribution in [0.25, 0.3) is 6.08 Å². The molecule has 1 heterocycles. The molecule has 21 heavy (non-hydrogen) atoms. The van der Waals surface area contributed by atoms with E-state index in [-0.39, 0.29) is 11.9 Å². The first-order valence-corrected chi connectivity index (χ1v) is 6.96. The fraction of sp³-hybridized carbons (Fsp3) is 0.333. The van der Waals surface area contributed by atoms with Crippen molar-refractivity contribution in [3.63, 3.8) is 0 Å². The first-order valence-electron chi connectivity index (χ1n) is 6.58. The van der Waals surface area contributed by atoms with Crippen LogP contribution in [0.2, 0.25) is 5.02 Å². The van der Waals surface area contributed by atoms with Crippen LogP contribution in [0.1, 0.15) is 22.8 Å². The van der Waals surface area contributed by atoms with Crippen molar-refractivity contribution in [1.29, 1.82) is 0 Å². The number of hydrogen-bond acceptors (Lipinski definition) is 3. The molecule has 0 saturated carbocycles. The lowest BCUT2D eigenvalue weighted by Crippen LogP contribution is -2.47. The average molecular weight is 310 g/mol. The van der Waals surface area contributed by atoms with Crippen LogP contribution in [-0.4, -0.2) is 47.7 Å². The molecule has 1 aliphatic heterocycles. The summed E-state index contributed by atoms with van der Waals surface area (Å²) >= 11 is 6.09. The van der Waals surface area contributed by atoms with Crippen molar-refractivity contribution in [3.05, 3.63) is 40.4 Å². The summed E-state index contributed by atoms with van der Waals surface area (Å²) in [6.45, 7) is 3.54. The molecule has 1 atom stereocenters. The SMILES string of the molecule is CC1COCCN1C(=O)c1ccc(/C=C/C(=O)O)c(Cl)c1. The van der Waals surface area contributed by atoms with E-state index in [9.17, 15) is 9.59 Å². The molecular weight excluding hydrogens is 294 g/mol. The molecule has 1 aliphatic rings. The van der Waals surface area contributed by atoms with E-state index in [4.69, 9.17) is 21.4 Å². The molecule has 1 saturated heterocycles. The highest BCUT2D eigenvalue weighted by Gasteiger charge is 2.24. The molecule has 5 nitrogen and oxygen atoms in total. The van der Waals surface area contributed by atoms with Gasteiger partial charge in [-0.05, 0) is 30.7 Å². The van der Waals surface area contributed by atoms with Crippen molar-refractivity contribution in [2.75, 3.05) is 19.8 Å². The topological polar surface area (TPSA) is 66.8 Å². The fourth-order valence-corrected chi connectivity index (χ4v) is 2.39. The zero-order valence-electron chi connectivity index (χ0n) is 11.6. The van der Waals surface area contributed by atoms with Crippen LogP contribution in [0, 0.1) is 0 Å². The first kappa shape index (κ1) is 15.5. The second kappa shape index (κ2) is 6.74. The van der Waals surface area contributed by atoms with Crippen LogP contribution < -0.4 is 0 Å². The van der Waals surface area contributed by atoms with E-state index in [1.807, 2.05) is 6.92 Å². The van der Waals surface area contributed by atoms with Crippen LogP contribution in [0.5, 0.6) is 0 Å². The maximum atomic E-state index is 12.4. The van der Waals surface area contributed by atoms with Crippen LogP contribution in [0.4, 0.5) is 0 Å². The molecule has 1 fully saturated rings. The van der Waals surface area contributed by atoms with Crippen molar-refractivity contribution in [2.24, 2.45) is 0 Å². The van der Waals surface area contributed by atoms with Gasteiger partial charge in [-0.25, -0.2) is 4.79 Å². The number of ether oxygens (including phenoxy) is 1. The number of morpholine rings is 1. The molecule has 6 heteroatoms. The Morgan fingerprint density at radius 2 is 2.24 bits per heavy atom. The summed E-state index contributed by atoms with van der Waals surface area (Å²) in [7, 11) is 0. The molecule has 1 amide bonds. The third-order valence-corrected chi connectivity index (χ3v) is 3.61. The highest BCUT2D eigenvalue weighted by molar-refractivity contribution is 6.32. The van der Waals surface area contributed by atoms with Crippen LogP contribution >= 0.6 is 11.6 Å². The molecule has 1 unspecified atom stereocenters. The number of rotatable bonds is 3. The Morgan fingerprint density at radius 3 is 2.86 bits per heavy atom. The number of aliphatic carboxylic acids is 1. The number of halogens is 1. The van der Waals surface area contributed by atoms with Crippen LogP contribution in [-0.2, 0) is 9.53 Å². The monoisotopic (exact) mass is 309 g/mol. The van der Waals surface area contributed by atoms with Gasteiger partial charge in [0.1, 0.15) is 0 Å². The van der Waals surface area contributed by atoms with Gasteiger partial charge in [0.2, 0.25) is 0 Å². The third kappa shape index (κ3) is 3.83. The van der Waals surface area contributed by atoms with Gasteiger partial charge in [-0.1, -0.05) is 17.7 Å². The summed E-state index contributed by atoms with van der Waals surface area (Å²) in [4.78, 5) is 24.7. The second-order valence-electron chi connectivity index (χ2n) is 4.83. The largest absolute Gasteiger partial charge is 0.478 e. The zero-order chi connectivity index (χ0) is 15.4. The Kier molecular flexibility index (Phi) is 4.98. The summed E-state index contributed by atoms with van der Waals surface area (Å²) in [6.07, 6.45) is 2.41.